The molecule has 0 spiro atoms. The maximum absolute atomic E-state index is 5.33. The molecule has 0 amide bonds. The molecule has 0 atom stereocenters. The van der Waals surface area contributed by atoms with Crippen molar-refractivity contribution in [1.29, 1.82) is 0 Å². The van der Waals surface area contributed by atoms with Gasteiger partial charge in [0.05, 0.1) is 34.2 Å². The maximum atomic E-state index is 5.33. The van der Waals surface area contributed by atoms with Crippen LogP contribution in [0.5, 0.6) is 0 Å². The standard InChI is InChI=1S/3C12H14N2O2.Os/c3*1-15-12(16-2)6-8-14-11(9-12)10-5-3-4-7-13-10;/h3*3-9,14H,1-2H3;. The van der Waals surface area contributed by atoms with Gasteiger partial charge in [-0.1, -0.05) is 18.2 Å². The van der Waals surface area contributed by atoms with Gasteiger partial charge < -0.3 is 44.4 Å². The van der Waals surface area contributed by atoms with Crippen molar-refractivity contribution < 1.29 is 48.2 Å². The molecule has 0 unspecified atom stereocenters. The Morgan fingerprint density at radius 1 is 0.429 bits per heavy atom. The van der Waals surface area contributed by atoms with Gasteiger partial charge in [-0.2, -0.15) is 0 Å². The Balaban J connectivity index is 0.000000197. The van der Waals surface area contributed by atoms with E-state index in [1.54, 1.807) is 98.1 Å². The third kappa shape index (κ3) is 10.3. The van der Waals surface area contributed by atoms with Crippen molar-refractivity contribution in [2.24, 2.45) is 0 Å². The Hall–Kier alpha value is -4.31. The van der Waals surface area contributed by atoms with Crippen LogP contribution in [-0.2, 0) is 48.2 Å². The molecule has 0 aromatic carbocycles. The molecule has 3 aromatic rings. The normalized spacial score (nSPS) is 17.4. The number of nitrogens with one attached hydrogen (secondary N) is 3. The molecule has 0 saturated heterocycles. The molecular weight excluding hydrogens is 803 g/mol. The van der Waals surface area contributed by atoms with Crippen molar-refractivity contribution in [3.8, 4) is 0 Å². The topological polar surface area (TPSA) is 130 Å². The molecule has 260 valence electrons. The van der Waals surface area contributed by atoms with E-state index in [1.807, 2.05) is 72.8 Å². The number of hydrogen-bond donors (Lipinski definition) is 3. The van der Waals surface area contributed by atoms with Gasteiger partial charge in [-0.15, -0.1) is 0 Å². The second kappa shape index (κ2) is 19.0. The molecule has 0 saturated carbocycles. The Morgan fingerprint density at radius 3 is 0.898 bits per heavy atom. The summed E-state index contributed by atoms with van der Waals surface area (Å²) in [6.07, 6.45) is 21.6. The van der Waals surface area contributed by atoms with E-state index in [9.17, 15) is 0 Å². The van der Waals surface area contributed by atoms with Crippen molar-refractivity contribution in [2.75, 3.05) is 42.7 Å². The second-order valence-electron chi connectivity index (χ2n) is 10.1. The molecule has 0 fully saturated rings. The zero-order valence-corrected chi connectivity index (χ0v) is 30.8. The first kappa shape index (κ1) is 39.1. The third-order valence-corrected chi connectivity index (χ3v) is 7.44. The van der Waals surface area contributed by atoms with Crippen LogP contribution in [0.25, 0.3) is 17.1 Å². The predicted molar refractivity (Wildman–Crippen MR) is 184 cm³/mol. The average Bonchev–Trinajstić information content (AvgIpc) is 3.19. The van der Waals surface area contributed by atoms with Gasteiger partial charge >= 0.3 is 0 Å². The largest absolute Gasteiger partial charge is 0.360 e. The fourth-order valence-corrected chi connectivity index (χ4v) is 4.64. The number of dihydropyridines is 3. The van der Waals surface area contributed by atoms with Crippen molar-refractivity contribution in [2.45, 2.75) is 17.4 Å². The van der Waals surface area contributed by atoms with Gasteiger partial charge in [0, 0.05) is 118 Å². The van der Waals surface area contributed by atoms with Gasteiger partial charge in [0.2, 0.25) is 17.4 Å². The van der Waals surface area contributed by atoms with Gasteiger partial charge in [0.25, 0.3) is 0 Å². The first-order valence-electron chi connectivity index (χ1n) is 14.9. The van der Waals surface area contributed by atoms with Crippen LogP contribution < -0.4 is 16.0 Å². The van der Waals surface area contributed by atoms with Gasteiger partial charge in [-0.25, -0.2) is 0 Å². The van der Waals surface area contributed by atoms with Crippen molar-refractivity contribution >= 4 is 17.1 Å². The molecular formula is C36H42N6O6Os. The van der Waals surface area contributed by atoms with E-state index in [1.165, 1.54) is 0 Å². The predicted octanol–water partition coefficient (Wildman–Crippen LogP) is 4.58. The Bertz CT molecular complexity index is 1430. The van der Waals surface area contributed by atoms with Crippen LogP contribution in [0.2, 0.25) is 0 Å². The van der Waals surface area contributed by atoms with E-state index in [-0.39, 0.29) is 19.8 Å². The summed E-state index contributed by atoms with van der Waals surface area (Å²) in [6, 6.07) is 17.2. The summed E-state index contributed by atoms with van der Waals surface area (Å²) in [5, 5.41) is 9.35. The first-order chi connectivity index (χ1) is 23.4. The Labute approximate surface area is 300 Å². The van der Waals surface area contributed by atoms with Crippen molar-refractivity contribution in [3.05, 3.63) is 145 Å². The summed E-state index contributed by atoms with van der Waals surface area (Å²) >= 11 is 0. The smallest absolute Gasteiger partial charge is 0.211 e. The summed E-state index contributed by atoms with van der Waals surface area (Å²) in [5.41, 5.74) is 5.16. The summed E-state index contributed by atoms with van der Waals surface area (Å²) in [5.74, 6) is -2.42. The van der Waals surface area contributed by atoms with E-state index >= 15 is 0 Å². The van der Waals surface area contributed by atoms with Crippen LogP contribution >= 0.6 is 0 Å². The van der Waals surface area contributed by atoms with E-state index in [2.05, 4.69) is 30.9 Å². The van der Waals surface area contributed by atoms with Gasteiger partial charge in [-0.3, -0.25) is 15.0 Å². The van der Waals surface area contributed by atoms with Crippen molar-refractivity contribution in [1.82, 2.24) is 30.9 Å². The third-order valence-electron chi connectivity index (χ3n) is 7.44. The van der Waals surface area contributed by atoms with E-state index in [4.69, 9.17) is 28.4 Å². The fraction of sp³-hybridized carbons (Fsp3) is 0.250. The van der Waals surface area contributed by atoms with Crippen LogP contribution in [0.15, 0.2) is 128 Å². The van der Waals surface area contributed by atoms with Gasteiger partial charge in [-0.05, 0) is 54.6 Å². The molecule has 0 aliphatic carbocycles. The van der Waals surface area contributed by atoms with Crippen LogP contribution in [0.3, 0.4) is 0 Å². The molecule has 0 bridgehead atoms. The summed E-state index contributed by atoms with van der Waals surface area (Å²) in [7, 11) is 9.62. The molecule has 49 heavy (non-hydrogen) atoms. The van der Waals surface area contributed by atoms with Gasteiger partial charge in [0.1, 0.15) is 0 Å². The maximum Gasteiger partial charge on any atom is 0.211 e. The number of rotatable bonds is 9. The average molecular weight is 845 g/mol. The summed E-state index contributed by atoms with van der Waals surface area (Å²) < 4.78 is 32.0. The SMILES string of the molecule is COC1(OC)C=CNC(c2ccccn2)=C1.COC1(OC)C=CNC(c2ccccn2)=C1.COC1(OC)C=CNC(c2ccccn2)=C1.[Os]. The Morgan fingerprint density at radius 2 is 0.694 bits per heavy atom. The number of methoxy groups -OCH3 is 6. The first-order valence-corrected chi connectivity index (χ1v) is 14.9. The number of pyridine rings is 3. The number of aromatic nitrogens is 3. The molecule has 12 nitrogen and oxygen atoms in total. The minimum atomic E-state index is -0.807. The van der Waals surface area contributed by atoms with E-state index in [0.29, 0.717) is 0 Å². The minimum absolute atomic E-state index is 0. The van der Waals surface area contributed by atoms with E-state index in [0.717, 1.165) is 34.2 Å². The van der Waals surface area contributed by atoms with Gasteiger partial charge in [0.15, 0.2) is 0 Å². The monoisotopic (exact) mass is 846 g/mol. The summed E-state index contributed by atoms with van der Waals surface area (Å²) in [4.78, 5) is 12.8. The van der Waals surface area contributed by atoms with Crippen molar-refractivity contribution in [3.63, 3.8) is 0 Å². The molecule has 3 aliphatic heterocycles. The minimum Gasteiger partial charge on any atom is -0.360 e. The van der Waals surface area contributed by atoms with Crippen LogP contribution in [0.1, 0.15) is 17.1 Å². The molecule has 3 aliphatic rings. The summed E-state index contributed by atoms with van der Waals surface area (Å²) in [6.45, 7) is 0. The fourth-order valence-electron chi connectivity index (χ4n) is 4.64. The Kier molecular flexibility index (Phi) is 15.2. The van der Waals surface area contributed by atoms with Crippen LogP contribution in [0.4, 0.5) is 0 Å². The van der Waals surface area contributed by atoms with Crippen LogP contribution in [0, 0.1) is 0 Å². The van der Waals surface area contributed by atoms with Crippen LogP contribution in [-0.4, -0.2) is 75.0 Å². The molecule has 6 rings (SSSR count). The molecule has 3 N–H and O–H groups in total. The number of hydrogen-bond acceptors (Lipinski definition) is 12. The quantitative estimate of drug-likeness (QED) is 0.261. The van der Waals surface area contributed by atoms with E-state index < -0.39 is 17.4 Å². The molecule has 3 aromatic heterocycles. The number of ether oxygens (including phenoxy) is 6. The molecule has 0 radical (unpaired) electrons. The molecule has 13 heteroatoms. The zero-order valence-electron chi connectivity index (χ0n) is 28.3. The zero-order chi connectivity index (χ0) is 34.3. The molecule has 6 heterocycles. The second-order valence-corrected chi connectivity index (χ2v) is 10.1. The number of nitrogens with zero attached hydrogens (tertiary/aromatic N) is 3.